The third-order valence-electron chi connectivity index (χ3n) is 0.695. The molecule has 0 rings (SSSR count). The van der Waals surface area contributed by atoms with Crippen LogP contribution in [-0.4, -0.2) is 51.0 Å². The predicted molar refractivity (Wildman–Crippen MR) is 41.6 cm³/mol. The van der Waals surface area contributed by atoms with E-state index in [1.165, 1.54) is 6.92 Å². The van der Waals surface area contributed by atoms with E-state index < -0.39 is 12.2 Å². The summed E-state index contributed by atoms with van der Waals surface area (Å²) in [6.45, 7) is 0.746. The maximum absolute atomic E-state index is 8.22. The highest BCUT2D eigenvalue weighted by molar-refractivity contribution is 4.94. The molecule has 0 aromatic carbocycles. The first-order valence-electron chi connectivity index (χ1n) is 3.30. The quantitative estimate of drug-likeness (QED) is 0.316. The van der Waals surface area contributed by atoms with Crippen LogP contribution < -0.4 is 0 Å². The second-order valence-electron chi connectivity index (χ2n) is 1.95. The van der Waals surface area contributed by atoms with E-state index in [1.807, 2.05) is 0 Å². The molecule has 0 aromatic rings. The lowest BCUT2D eigenvalue weighted by molar-refractivity contribution is 0.0450. The van der Waals surface area contributed by atoms with Crippen LogP contribution in [0.15, 0.2) is 0 Å². The minimum atomic E-state index is -0.954. The van der Waals surface area contributed by atoms with Crippen LogP contribution in [0.25, 0.3) is 0 Å². The molecule has 0 radical (unpaired) electrons. The summed E-state index contributed by atoms with van der Waals surface area (Å²) in [5.74, 6) is 2.07. The molecule has 72 valence electrons. The Morgan fingerprint density at radius 2 is 1.58 bits per heavy atom. The first-order valence-corrected chi connectivity index (χ1v) is 3.30. The number of hydrogen-bond donors (Lipinski definition) is 5. The minimum Gasteiger partial charge on any atom is -0.462 e. The Balaban J connectivity index is 0. The van der Waals surface area contributed by atoms with Crippen molar-refractivity contribution in [1.29, 1.82) is 0 Å². The van der Waals surface area contributed by atoms with Gasteiger partial charge < -0.3 is 25.5 Å². The van der Waals surface area contributed by atoms with Crippen molar-refractivity contribution in [2.45, 2.75) is 19.1 Å². The smallest absolute Gasteiger partial charge is 0.115 e. The van der Waals surface area contributed by atoms with Crippen LogP contribution in [0.4, 0.5) is 0 Å². The molecule has 0 aliphatic heterocycles. The SMILES string of the molecule is CC(O)C#CO.OCC(O)CO. The highest BCUT2D eigenvalue weighted by Crippen LogP contribution is 1.71. The van der Waals surface area contributed by atoms with Crippen LogP contribution in [0.1, 0.15) is 6.92 Å². The molecule has 0 saturated carbocycles. The van der Waals surface area contributed by atoms with Crippen LogP contribution in [-0.2, 0) is 0 Å². The molecule has 0 amide bonds. The topological polar surface area (TPSA) is 101 Å². The first-order chi connectivity index (χ1) is 5.58. The van der Waals surface area contributed by atoms with Gasteiger partial charge in [0.25, 0.3) is 0 Å². The van der Waals surface area contributed by atoms with Crippen molar-refractivity contribution in [1.82, 2.24) is 0 Å². The lowest BCUT2D eigenvalue weighted by Crippen LogP contribution is -2.15. The zero-order valence-corrected chi connectivity index (χ0v) is 6.80. The number of aliphatic hydroxyl groups excluding tert-OH is 5. The second kappa shape index (κ2) is 10.2. The van der Waals surface area contributed by atoms with E-state index in [4.69, 9.17) is 25.5 Å². The van der Waals surface area contributed by atoms with Crippen molar-refractivity contribution < 1.29 is 25.5 Å². The maximum atomic E-state index is 8.22. The Hall–Kier alpha value is -0.800. The fourth-order valence-corrected chi connectivity index (χ4v) is 0.151. The summed E-state index contributed by atoms with van der Waals surface area (Å²) in [4.78, 5) is 0. The molecular weight excluding hydrogens is 164 g/mol. The van der Waals surface area contributed by atoms with Gasteiger partial charge in [0, 0.05) is 0 Å². The maximum Gasteiger partial charge on any atom is 0.115 e. The van der Waals surface area contributed by atoms with Gasteiger partial charge in [0.2, 0.25) is 0 Å². The van der Waals surface area contributed by atoms with Crippen LogP contribution in [0, 0.1) is 12.0 Å². The molecule has 0 heterocycles. The molecule has 0 saturated heterocycles. The van der Waals surface area contributed by atoms with E-state index in [1.54, 1.807) is 6.11 Å². The summed E-state index contributed by atoms with van der Waals surface area (Å²) >= 11 is 0. The molecule has 0 aliphatic rings. The summed E-state index contributed by atoms with van der Waals surface area (Å²) in [5.41, 5.74) is 0. The zero-order valence-electron chi connectivity index (χ0n) is 6.80. The van der Waals surface area contributed by atoms with Gasteiger partial charge in [-0.15, -0.1) is 0 Å². The van der Waals surface area contributed by atoms with Gasteiger partial charge in [-0.1, -0.05) is 0 Å². The predicted octanol–water partition coefficient (Wildman–Crippen LogP) is -1.97. The summed E-state index contributed by atoms with van der Waals surface area (Å²) < 4.78 is 0. The second-order valence-corrected chi connectivity index (χ2v) is 1.95. The Morgan fingerprint density at radius 1 is 1.17 bits per heavy atom. The monoisotopic (exact) mass is 178 g/mol. The highest BCUT2D eigenvalue weighted by atomic mass is 16.3. The lowest BCUT2D eigenvalue weighted by Gasteiger charge is -1.96. The van der Waals surface area contributed by atoms with Crippen LogP contribution in [0.2, 0.25) is 0 Å². The Labute approximate surface area is 70.9 Å². The number of aliphatic hydroxyl groups is 5. The third-order valence-corrected chi connectivity index (χ3v) is 0.695. The van der Waals surface area contributed by atoms with Gasteiger partial charge in [-0.05, 0) is 12.8 Å². The Bertz CT molecular complexity index is 130. The molecule has 1 unspecified atom stereocenters. The molecule has 0 fully saturated rings. The molecule has 0 bridgehead atoms. The van der Waals surface area contributed by atoms with Crippen molar-refractivity contribution in [2.75, 3.05) is 13.2 Å². The van der Waals surface area contributed by atoms with Gasteiger partial charge in [-0.2, -0.15) is 0 Å². The molecule has 5 N–H and O–H groups in total. The van der Waals surface area contributed by atoms with Crippen molar-refractivity contribution in [3.63, 3.8) is 0 Å². The fraction of sp³-hybridized carbons (Fsp3) is 0.714. The van der Waals surface area contributed by atoms with Gasteiger partial charge in [-0.3, -0.25) is 0 Å². The van der Waals surface area contributed by atoms with Gasteiger partial charge in [0.1, 0.15) is 18.3 Å². The lowest BCUT2D eigenvalue weighted by atomic mass is 10.4. The molecule has 0 spiro atoms. The van der Waals surface area contributed by atoms with E-state index in [-0.39, 0.29) is 13.2 Å². The minimum absolute atomic E-state index is 0.365. The van der Waals surface area contributed by atoms with E-state index >= 15 is 0 Å². The molecule has 0 aliphatic carbocycles. The largest absolute Gasteiger partial charge is 0.462 e. The zero-order chi connectivity index (χ0) is 9.98. The Kier molecular flexibility index (Phi) is 11.7. The van der Waals surface area contributed by atoms with Gasteiger partial charge >= 0.3 is 0 Å². The average Bonchev–Trinajstić information content (AvgIpc) is 2.04. The third kappa shape index (κ3) is 16.1. The van der Waals surface area contributed by atoms with Gasteiger partial charge in [0.05, 0.1) is 13.2 Å². The number of rotatable bonds is 2. The normalized spacial score (nSPS) is 10.8. The fourth-order valence-electron chi connectivity index (χ4n) is 0.151. The van der Waals surface area contributed by atoms with Crippen LogP contribution in [0.5, 0.6) is 0 Å². The highest BCUT2D eigenvalue weighted by Gasteiger charge is 1.93. The molecule has 5 nitrogen and oxygen atoms in total. The summed E-state index contributed by atoms with van der Waals surface area (Å²) in [7, 11) is 0. The van der Waals surface area contributed by atoms with Crippen molar-refractivity contribution in [2.24, 2.45) is 0 Å². The van der Waals surface area contributed by atoms with E-state index in [0.29, 0.717) is 0 Å². The summed E-state index contributed by atoms with van der Waals surface area (Å²) in [6, 6.07) is 0. The van der Waals surface area contributed by atoms with Gasteiger partial charge in [-0.25, -0.2) is 0 Å². The van der Waals surface area contributed by atoms with E-state index in [2.05, 4.69) is 5.92 Å². The molecule has 12 heavy (non-hydrogen) atoms. The van der Waals surface area contributed by atoms with Crippen molar-refractivity contribution >= 4 is 0 Å². The molecule has 1 atom stereocenters. The van der Waals surface area contributed by atoms with E-state index in [0.717, 1.165) is 0 Å². The molecule has 5 heteroatoms. The van der Waals surface area contributed by atoms with Crippen LogP contribution in [0.3, 0.4) is 0 Å². The number of hydrogen-bond acceptors (Lipinski definition) is 5. The van der Waals surface area contributed by atoms with Gasteiger partial charge in [0.15, 0.2) is 0 Å². The van der Waals surface area contributed by atoms with Crippen LogP contribution >= 0.6 is 0 Å². The summed E-state index contributed by atoms with van der Waals surface area (Å²) in [6.07, 6.45) is -0.0995. The molecule has 0 aromatic heterocycles. The molecular formula is C7H14O5. The van der Waals surface area contributed by atoms with Crippen molar-refractivity contribution in [3.8, 4) is 12.0 Å². The first kappa shape index (κ1) is 13.8. The average molecular weight is 178 g/mol. The van der Waals surface area contributed by atoms with Crippen molar-refractivity contribution in [3.05, 3.63) is 0 Å². The Morgan fingerprint density at radius 3 is 1.58 bits per heavy atom. The standard InChI is InChI=1S/C4H6O2.C3H8O3/c1-4(6)2-3-5;4-1-3(6)2-5/h4-6H,1H3;3-6H,1-2H2. The van der Waals surface area contributed by atoms with E-state index in [9.17, 15) is 0 Å². The summed E-state index contributed by atoms with van der Waals surface area (Å²) in [5, 5.41) is 40.0.